The van der Waals surface area contributed by atoms with Crippen LogP contribution in [0.1, 0.15) is 48.0 Å². The van der Waals surface area contributed by atoms with Gasteiger partial charge in [0.1, 0.15) is 6.04 Å². The van der Waals surface area contributed by atoms with Gasteiger partial charge in [0.15, 0.2) is 11.4 Å². The second-order valence-electron chi connectivity index (χ2n) is 10.3. The van der Waals surface area contributed by atoms with Crippen LogP contribution >= 0.6 is 11.6 Å². The monoisotopic (exact) mass is 574 g/mol. The van der Waals surface area contributed by atoms with Gasteiger partial charge in [0.2, 0.25) is 5.91 Å². The molecule has 0 bridgehead atoms. The van der Waals surface area contributed by atoms with Crippen LogP contribution in [0.25, 0.3) is 0 Å². The zero-order valence-corrected chi connectivity index (χ0v) is 22.3. The molecule has 2 aromatic carbocycles. The molecule has 4 N–H and O–H groups in total. The highest BCUT2D eigenvalue weighted by Gasteiger charge is 2.51. The number of benzene rings is 2. The first-order chi connectivity index (χ1) is 19.0. The summed E-state index contributed by atoms with van der Waals surface area (Å²) in [6, 6.07) is 7.62. The van der Waals surface area contributed by atoms with Crippen LogP contribution < -0.4 is 16.0 Å². The Hall–Kier alpha value is -3.90. The molecule has 1 unspecified atom stereocenters. The molecule has 2 atom stereocenters. The molecule has 11 nitrogen and oxygen atoms in total. The molecule has 2 aliphatic heterocycles. The fourth-order valence-corrected chi connectivity index (χ4v) is 5.61. The van der Waals surface area contributed by atoms with Crippen molar-refractivity contribution in [2.75, 3.05) is 30.8 Å². The fraction of sp³-hybridized carbons (Fsp3) is 0.407. The van der Waals surface area contributed by atoms with Gasteiger partial charge < -0.3 is 24.8 Å². The quantitative estimate of drug-likeness (QED) is 0.385. The normalized spacial score (nSPS) is 21.5. The number of likely N-dealkylation sites (tertiary alicyclic amines) is 1. The largest absolute Gasteiger partial charge is 0.465 e. The summed E-state index contributed by atoms with van der Waals surface area (Å²) in [5, 5.41) is 16.2. The Morgan fingerprint density at radius 1 is 1.20 bits per heavy atom. The number of nitrogens with one attached hydrogen (secondary N) is 3. The number of amides is 4. The predicted molar refractivity (Wildman–Crippen MR) is 142 cm³/mol. The molecule has 40 heavy (non-hydrogen) atoms. The second kappa shape index (κ2) is 10.6. The number of hydrogen-bond acceptors (Lipinski definition) is 6. The Kier molecular flexibility index (Phi) is 7.32. The van der Waals surface area contributed by atoms with Crippen LogP contribution in [0, 0.1) is 5.82 Å². The van der Waals surface area contributed by atoms with Crippen molar-refractivity contribution in [1.82, 2.24) is 10.2 Å². The van der Waals surface area contributed by atoms with E-state index < -0.39 is 47.1 Å². The molecule has 2 heterocycles. The highest BCUT2D eigenvalue weighted by atomic mass is 35.5. The van der Waals surface area contributed by atoms with Crippen LogP contribution in [-0.4, -0.2) is 65.8 Å². The zero-order chi connectivity index (χ0) is 28.7. The lowest BCUT2D eigenvalue weighted by Crippen LogP contribution is -2.58. The highest BCUT2D eigenvalue weighted by Crippen LogP contribution is 2.46. The Morgan fingerprint density at radius 2 is 1.93 bits per heavy atom. The van der Waals surface area contributed by atoms with Crippen molar-refractivity contribution in [3.63, 3.8) is 0 Å². The van der Waals surface area contributed by atoms with Crippen LogP contribution in [0.4, 0.5) is 25.4 Å². The summed E-state index contributed by atoms with van der Waals surface area (Å²) in [4.78, 5) is 51.8. The molecule has 5 rings (SSSR count). The summed E-state index contributed by atoms with van der Waals surface area (Å²) in [6.45, 7) is 0.191. The fourth-order valence-electron chi connectivity index (χ4n) is 5.46. The van der Waals surface area contributed by atoms with Gasteiger partial charge in [-0.1, -0.05) is 11.6 Å². The minimum atomic E-state index is -1.44. The number of nitrogens with zero attached hydrogens (tertiary/aromatic N) is 1. The molecule has 4 amide bonds. The lowest BCUT2D eigenvalue weighted by Gasteiger charge is -2.45. The average molecular weight is 575 g/mol. The van der Waals surface area contributed by atoms with E-state index in [1.54, 1.807) is 7.11 Å². The first-order valence-electron chi connectivity index (χ1n) is 12.8. The van der Waals surface area contributed by atoms with Crippen molar-refractivity contribution in [3.05, 3.63) is 58.4 Å². The number of carbonyl (C=O) groups excluding carboxylic acids is 3. The molecule has 13 heteroatoms. The van der Waals surface area contributed by atoms with Crippen molar-refractivity contribution in [3.8, 4) is 0 Å². The van der Waals surface area contributed by atoms with E-state index in [1.165, 1.54) is 41.3 Å². The minimum absolute atomic E-state index is 0.0864. The summed E-state index contributed by atoms with van der Waals surface area (Å²) < 4.78 is 26.6. The van der Waals surface area contributed by atoms with Gasteiger partial charge in [0.25, 0.3) is 5.91 Å². The van der Waals surface area contributed by atoms with E-state index in [1.807, 2.05) is 0 Å². The third-order valence-corrected chi connectivity index (χ3v) is 7.95. The van der Waals surface area contributed by atoms with Gasteiger partial charge in [0.05, 0.1) is 28.4 Å². The lowest BCUT2D eigenvalue weighted by atomic mass is 9.82. The van der Waals surface area contributed by atoms with E-state index in [-0.39, 0.29) is 46.9 Å². The molecule has 0 radical (unpaired) electrons. The Bertz CT molecular complexity index is 1370. The van der Waals surface area contributed by atoms with Crippen LogP contribution in [-0.2, 0) is 19.9 Å². The number of hydrogen-bond donors (Lipinski definition) is 4. The van der Waals surface area contributed by atoms with Gasteiger partial charge in [-0.3, -0.25) is 20.2 Å². The van der Waals surface area contributed by atoms with Crippen molar-refractivity contribution in [1.29, 1.82) is 0 Å². The maximum atomic E-state index is 15.3. The first kappa shape index (κ1) is 27.7. The third kappa shape index (κ3) is 5.41. The van der Waals surface area contributed by atoms with E-state index in [0.717, 1.165) is 12.8 Å². The van der Waals surface area contributed by atoms with Gasteiger partial charge in [-0.05, 0) is 62.1 Å². The van der Waals surface area contributed by atoms with Gasteiger partial charge in [-0.25, -0.2) is 14.0 Å². The average Bonchev–Trinajstić information content (AvgIpc) is 3.69. The summed E-state index contributed by atoms with van der Waals surface area (Å²) >= 11 is 6.06. The van der Waals surface area contributed by atoms with E-state index in [4.69, 9.17) is 26.2 Å². The van der Waals surface area contributed by atoms with Crippen LogP contribution in [0.2, 0.25) is 5.02 Å². The summed E-state index contributed by atoms with van der Waals surface area (Å²) in [5.74, 6) is -1.68. The smallest absolute Gasteiger partial charge is 0.412 e. The molecule has 1 aliphatic carbocycles. The second-order valence-corrected chi connectivity index (χ2v) is 10.7. The number of methoxy groups -OCH3 is 1. The summed E-state index contributed by atoms with van der Waals surface area (Å²) in [5.41, 5.74) is -1.16. The van der Waals surface area contributed by atoms with Crippen molar-refractivity contribution < 1.29 is 38.1 Å². The van der Waals surface area contributed by atoms with E-state index in [9.17, 15) is 19.2 Å². The number of anilines is 2. The number of piperidine rings is 1. The Balaban J connectivity index is 1.40. The van der Waals surface area contributed by atoms with Gasteiger partial charge in [0, 0.05) is 31.3 Å². The van der Waals surface area contributed by atoms with E-state index in [0.29, 0.717) is 13.0 Å². The molecule has 0 aromatic heterocycles. The Labute approximate surface area is 233 Å². The van der Waals surface area contributed by atoms with Gasteiger partial charge >= 0.3 is 12.2 Å². The molecule has 2 aromatic rings. The molecule has 1 spiro atoms. The summed E-state index contributed by atoms with van der Waals surface area (Å²) in [7, 11) is 1.55. The number of rotatable bonds is 7. The molecule has 2 fully saturated rings. The number of carbonyl (C=O) groups is 4. The third-order valence-electron chi connectivity index (χ3n) is 7.66. The minimum Gasteiger partial charge on any atom is -0.465 e. The zero-order valence-electron chi connectivity index (χ0n) is 21.6. The van der Waals surface area contributed by atoms with Gasteiger partial charge in [-0.2, -0.15) is 0 Å². The number of ether oxygens (including phenoxy) is 2. The topological polar surface area (TPSA) is 146 Å². The SMILES string of the molecule is COC1(CC(NC(=O)c2ccc(NC(=O)O)cc2)C(=O)N2CCC[C@@]3(C2)OC(=O)Nc2ccc(Cl)c(F)c23)CC1. The standard InChI is InChI=1S/C27H28ClFN4O7/c1-39-26(10-11-26)13-19(31-22(34)15-3-5-16(6-4-15)30-24(36)37)23(35)33-12-2-9-27(14-33)20-18(32-25(38)40-27)8-7-17(28)21(20)29/h3-8,19,30H,2,9-14H2,1H3,(H,31,34)(H,32,38)(H,36,37)/t19?,27-/m0/s1. The van der Waals surface area contributed by atoms with Crippen LogP contribution in [0.3, 0.4) is 0 Å². The molecular weight excluding hydrogens is 547 g/mol. The van der Waals surface area contributed by atoms with Crippen molar-refractivity contribution in [2.45, 2.75) is 49.3 Å². The number of halogens is 2. The molecule has 212 valence electrons. The van der Waals surface area contributed by atoms with Crippen molar-refractivity contribution in [2.24, 2.45) is 0 Å². The maximum Gasteiger partial charge on any atom is 0.412 e. The molecule has 3 aliphatic rings. The lowest BCUT2D eigenvalue weighted by molar-refractivity contribution is -0.142. The predicted octanol–water partition coefficient (Wildman–Crippen LogP) is 4.32. The van der Waals surface area contributed by atoms with Crippen LogP contribution in [0.15, 0.2) is 36.4 Å². The Morgan fingerprint density at radius 3 is 2.58 bits per heavy atom. The number of fused-ring (bicyclic) bond motifs is 2. The summed E-state index contributed by atoms with van der Waals surface area (Å²) in [6.07, 6.45) is 0.370. The van der Waals surface area contributed by atoms with Gasteiger partial charge in [-0.15, -0.1) is 0 Å². The number of carboxylic acid groups (broad SMARTS) is 1. The van der Waals surface area contributed by atoms with Crippen molar-refractivity contribution >= 4 is 47.0 Å². The first-order valence-corrected chi connectivity index (χ1v) is 13.2. The highest BCUT2D eigenvalue weighted by molar-refractivity contribution is 6.31. The van der Waals surface area contributed by atoms with E-state index >= 15 is 4.39 Å². The molecule has 1 saturated carbocycles. The van der Waals surface area contributed by atoms with Crippen LogP contribution in [0.5, 0.6) is 0 Å². The maximum absolute atomic E-state index is 15.3. The van der Waals surface area contributed by atoms with E-state index in [2.05, 4.69) is 16.0 Å². The molecular formula is C27H28ClFN4O7. The molecule has 1 saturated heterocycles.